The second kappa shape index (κ2) is 9.04. The number of rotatable bonds is 7. The maximum Gasteiger partial charge on any atom is 0.232 e. The summed E-state index contributed by atoms with van der Waals surface area (Å²) in [7, 11) is 0. The highest BCUT2D eigenvalue weighted by molar-refractivity contribution is 7.13. The zero-order valence-electron chi connectivity index (χ0n) is 18.2. The van der Waals surface area contributed by atoms with E-state index in [4.69, 9.17) is 0 Å². The van der Waals surface area contributed by atoms with Crippen LogP contribution in [-0.2, 0) is 4.79 Å². The summed E-state index contributed by atoms with van der Waals surface area (Å²) in [5, 5.41) is 10.9. The Kier molecular flexibility index (Phi) is 6.19. The van der Waals surface area contributed by atoms with Crippen molar-refractivity contribution in [2.24, 2.45) is 5.41 Å². The van der Waals surface area contributed by atoms with Crippen LogP contribution in [0.2, 0.25) is 0 Å². The van der Waals surface area contributed by atoms with Gasteiger partial charge in [-0.1, -0.05) is 32.1 Å². The molecule has 5 nitrogen and oxygen atoms in total. The van der Waals surface area contributed by atoms with E-state index in [1.54, 1.807) is 29.2 Å². The van der Waals surface area contributed by atoms with Gasteiger partial charge in [-0.3, -0.25) is 4.79 Å². The van der Waals surface area contributed by atoms with E-state index in [1.165, 1.54) is 23.5 Å². The maximum absolute atomic E-state index is 13.3. The fraction of sp³-hybridized carbons (Fsp3) is 0.240. The standard InChI is InChI=1S/C25H25FN4OS/c1-4-5-6-21(25(2,3)23(31)29-24-27-13-14-32-24)17-7-12-22-18(15-17)16-28-30(22)20-10-8-19(26)9-11-20/h4-5,7-16,21H,6H2,1-3H3,(H,27,29,31)/b5-4+. The number of carbonyl (C=O) groups excluding carboxylic acids is 1. The van der Waals surface area contributed by atoms with Gasteiger partial charge >= 0.3 is 0 Å². The third-order valence-corrected chi connectivity index (χ3v) is 6.47. The topological polar surface area (TPSA) is 59.8 Å². The zero-order chi connectivity index (χ0) is 22.7. The molecule has 0 saturated heterocycles. The summed E-state index contributed by atoms with van der Waals surface area (Å²) < 4.78 is 15.1. The third kappa shape index (κ3) is 4.34. The molecule has 0 aliphatic rings. The lowest BCUT2D eigenvalue weighted by molar-refractivity contribution is -0.125. The van der Waals surface area contributed by atoms with Gasteiger partial charge < -0.3 is 5.32 Å². The Morgan fingerprint density at radius 1 is 1.25 bits per heavy atom. The minimum Gasteiger partial charge on any atom is -0.301 e. The molecule has 0 aliphatic heterocycles. The number of carbonyl (C=O) groups is 1. The fourth-order valence-corrected chi connectivity index (χ4v) is 4.40. The smallest absolute Gasteiger partial charge is 0.232 e. The monoisotopic (exact) mass is 448 g/mol. The second-order valence-corrected chi connectivity index (χ2v) is 9.12. The summed E-state index contributed by atoms with van der Waals surface area (Å²) in [5.74, 6) is -0.390. The van der Waals surface area contributed by atoms with Crippen LogP contribution in [0.25, 0.3) is 16.6 Å². The van der Waals surface area contributed by atoms with E-state index in [0.29, 0.717) is 5.13 Å². The average molecular weight is 449 g/mol. The second-order valence-electron chi connectivity index (χ2n) is 8.22. The molecule has 0 spiro atoms. The summed E-state index contributed by atoms with van der Waals surface area (Å²) >= 11 is 1.40. The molecule has 4 aromatic rings. The molecule has 164 valence electrons. The van der Waals surface area contributed by atoms with Crippen molar-refractivity contribution in [3.63, 3.8) is 0 Å². The molecule has 1 N–H and O–H groups in total. The number of aromatic nitrogens is 3. The Labute approximate surface area is 190 Å². The molecule has 0 radical (unpaired) electrons. The van der Waals surface area contributed by atoms with Crippen LogP contribution in [0.1, 0.15) is 38.7 Å². The number of nitrogens with zero attached hydrogens (tertiary/aromatic N) is 3. The molecule has 1 atom stereocenters. The molecule has 2 heterocycles. The van der Waals surface area contributed by atoms with E-state index in [-0.39, 0.29) is 17.6 Å². The maximum atomic E-state index is 13.3. The number of nitrogens with one attached hydrogen (secondary N) is 1. The summed E-state index contributed by atoms with van der Waals surface area (Å²) in [5.41, 5.74) is 2.11. The number of amides is 1. The summed E-state index contributed by atoms with van der Waals surface area (Å²) in [6, 6.07) is 12.4. The van der Waals surface area contributed by atoms with Crippen molar-refractivity contribution in [3.8, 4) is 5.69 Å². The van der Waals surface area contributed by atoms with Crippen molar-refractivity contribution >= 4 is 33.3 Å². The van der Waals surface area contributed by atoms with Crippen molar-refractivity contribution in [2.75, 3.05) is 5.32 Å². The molecule has 1 unspecified atom stereocenters. The Balaban J connectivity index is 1.69. The van der Waals surface area contributed by atoms with Gasteiger partial charge in [-0.05, 0) is 55.3 Å². The first-order valence-corrected chi connectivity index (χ1v) is 11.3. The molecule has 7 heteroatoms. The van der Waals surface area contributed by atoms with Crippen LogP contribution >= 0.6 is 11.3 Å². The van der Waals surface area contributed by atoms with Gasteiger partial charge in [0.1, 0.15) is 5.82 Å². The predicted octanol–water partition coefficient (Wildman–Crippen LogP) is 6.34. The van der Waals surface area contributed by atoms with Crippen molar-refractivity contribution in [3.05, 3.63) is 83.8 Å². The molecular weight excluding hydrogens is 423 g/mol. The van der Waals surface area contributed by atoms with Gasteiger partial charge in [0.2, 0.25) is 5.91 Å². The first kappa shape index (κ1) is 21.9. The largest absolute Gasteiger partial charge is 0.301 e. The van der Waals surface area contributed by atoms with E-state index in [2.05, 4.69) is 33.6 Å². The van der Waals surface area contributed by atoms with Crippen LogP contribution in [-0.4, -0.2) is 20.7 Å². The van der Waals surface area contributed by atoms with Crippen LogP contribution in [0.15, 0.2) is 72.4 Å². The third-order valence-electron chi connectivity index (χ3n) is 5.78. The lowest BCUT2D eigenvalue weighted by atomic mass is 9.72. The lowest BCUT2D eigenvalue weighted by Crippen LogP contribution is -2.36. The van der Waals surface area contributed by atoms with Crippen molar-refractivity contribution in [1.29, 1.82) is 0 Å². The Hall–Kier alpha value is -3.32. The number of thiazole rings is 1. The SMILES string of the molecule is C/C=C/CC(c1ccc2c(cnn2-c2ccc(F)cc2)c1)C(C)(C)C(=O)Nc1nccs1. The quantitative estimate of drug-likeness (QED) is 0.336. The van der Waals surface area contributed by atoms with Gasteiger partial charge in [0.25, 0.3) is 0 Å². The first-order chi connectivity index (χ1) is 15.4. The number of allylic oxidation sites excluding steroid dienone is 2. The number of benzene rings is 2. The summed E-state index contributed by atoms with van der Waals surface area (Å²) in [6.07, 6.45) is 8.31. The molecule has 0 bridgehead atoms. The van der Waals surface area contributed by atoms with Crippen LogP contribution in [0.4, 0.5) is 9.52 Å². The van der Waals surface area contributed by atoms with Gasteiger partial charge in [-0.2, -0.15) is 5.10 Å². The highest BCUT2D eigenvalue weighted by atomic mass is 32.1. The summed E-state index contributed by atoms with van der Waals surface area (Å²) in [4.78, 5) is 17.4. The normalized spacial score (nSPS) is 13.0. The van der Waals surface area contributed by atoms with Crippen LogP contribution < -0.4 is 5.32 Å². The predicted molar refractivity (Wildman–Crippen MR) is 128 cm³/mol. The fourth-order valence-electron chi connectivity index (χ4n) is 3.88. The molecule has 0 saturated carbocycles. The minimum absolute atomic E-state index is 0.0442. The molecule has 32 heavy (non-hydrogen) atoms. The molecule has 0 aliphatic carbocycles. The molecule has 0 fully saturated rings. The van der Waals surface area contributed by atoms with Crippen LogP contribution in [0.5, 0.6) is 0 Å². The van der Waals surface area contributed by atoms with Gasteiger partial charge in [0, 0.05) is 22.9 Å². The van der Waals surface area contributed by atoms with E-state index in [9.17, 15) is 9.18 Å². The molecule has 2 aromatic carbocycles. The Morgan fingerprint density at radius 3 is 2.72 bits per heavy atom. The number of hydrogen-bond acceptors (Lipinski definition) is 4. The Morgan fingerprint density at radius 2 is 2.03 bits per heavy atom. The van der Waals surface area contributed by atoms with Gasteiger partial charge in [0.05, 0.1) is 22.8 Å². The highest BCUT2D eigenvalue weighted by Crippen LogP contribution is 2.40. The Bertz CT molecular complexity index is 1240. The van der Waals surface area contributed by atoms with Crippen LogP contribution in [0, 0.1) is 11.2 Å². The van der Waals surface area contributed by atoms with E-state index < -0.39 is 5.41 Å². The van der Waals surface area contributed by atoms with E-state index in [1.807, 2.05) is 38.3 Å². The van der Waals surface area contributed by atoms with Gasteiger partial charge in [-0.25, -0.2) is 14.1 Å². The number of hydrogen-bond donors (Lipinski definition) is 1. The van der Waals surface area contributed by atoms with Crippen molar-refractivity contribution < 1.29 is 9.18 Å². The van der Waals surface area contributed by atoms with E-state index >= 15 is 0 Å². The van der Waals surface area contributed by atoms with Gasteiger partial charge in [0.15, 0.2) is 5.13 Å². The molecule has 1 amide bonds. The number of fused-ring (bicyclic) bond motifs is 1. The number of halogens is 1. The molecular formula is C25H25FN4OS. The number of anilines is 1. The molecule has 4 rings (SSSR count). The van der Waals surface area contributed by atoms with Crippen molar-refractivity contribution in [2.45, 2.75) is 33.1 Å². The first-order valence-electron chi connectivity index (χ1n) is 10.5. The average Bonchev–Trinajstić information content (AvgIpc) is 3.44. The lowest BCUT2D eigenvalue weighted by Gasteiger charge is -2.33. The van der Waals surface area contributed by atoms with Crippen LogP contribution in [0.3, 0.4) is 0 Å². The van der Waals surface area contributed by atoms with Gasteiger partial charge in [-0.15, -0.1) is 11.3 Å². The zero-order valence-corrected chi connectivity index (χ0v) is 19.1. The summed E-state index contributed by atoms with van der Waals surface area (Å²) in [6.45, 7) is 5.92. The van der Waals surface area contributed by atoms with E-state index in [0.717, 1.165) is 28.6 Å². The molecule has 2 aromatic heterocycles. The highest BCUT2D eigenvalue weighted by Gasteiger charge is 2.37. The minimum atomic E-state index is -0.675. The van der Waals surface area contributed by atoms with Crippen molar-refractivity contribution in [1.82, 2.24) is 14.8 Å².